The summed E-state index contributed by atoms with van der Waals surface area (Å²) < 4.78 is 13.2. The highest BCUT2D eigenvalue weighted by atomic mass is 32.1. The molecule has 4 nitrogen and oxygen atoms in total. The summed E-state index contributed by atoms with van der Waals surface area (Å²) in [6.07, 6.45) is 1.60. The number of piperidine rings is 1. The van der Waals surface area contributed by atoms with Gasteiger partial charge < -0.3 is 10.4 Å². The molecule has 1 aromatic heterocycles. The van der Waals surface area contributed by atoms with Crippen LogP contribution in [0.4, 0.5) is 4.39 Å². The Labute approximate surface area is 176 Å². The summed E-state index contributed by atoms with van der Waals surface area (Å²) in [7, 11) is 0. The molecular formula is C23H31FN2O2S. The quantitative estimate of drug-likeness (QED) is 0.745. The number of nitrogens with one attached hydrogen (secondary N) is 1. The molecule has 6 heteroatoms. The number of benzene rings is 1. The maximum absolute atomic E-state index is 13.2. The van der Waals surface area contributed by atoms with E-state index >= 15 is 0 Å². The second-order valence-corrected chi connectivity index (χ2v) is 10.4. The summed E-state index contributed by atoms with van der Waals surface area (Å²) >= 11 is 1.64. The number of hydrogen-bond donors (Lipinski definition) is 2. The molecule has 1 aliphatic heterocycles. The van der Waals surface area contributed by atoms with Gasteiger partial charge in [-0.05, 0) is 67.4 Å². The van der Waals surface area contributed by atoms with Gasteiger partial charge in [-0.15, -0.1) is 11.3 Å². The molecule has 1 aliphatic rings. The Morgan fingerprint density at radius 2 is 2.00 bits per heavy atom. The summed E-state index contributed by atoms with van der Waals surface area (Å²) in [5, 5.41) is 16.3. The van der Waals surface area contributed by atoms with Crippen molar-refractivity contribution in [3.05, 3.63) is 58.0 Å². The summed E-state index contributed by atoms with van der Waals surface area (Å²) in [4.78, 5) is 16.4. The highest BCUT2D eigenvalue weighted by molar-refractivity contribution is 7.10. The minimum Gasteiger partial charge on any atom is -0.388 e. The van der Waals surface area contributed by atoms with Crippen LogP contribution in [0.3, 0.4) is 0 Å². The number of likely N-dealkylation sites (tertiary alicyclic amines) is 1. The van der Waals surface area contributed by atoms with Gasteiger partial charge in [0.15, 0.2) is 0 Å². The van der Waals surface area contributed by atoms with Crippen LogP contribution < -0.4 is 5.32 Å². The zero-order chi connectivity index (χ0) is 21.2. The maximum atomic E-state index is 13.2. The molecule has 3 unspecified atom stereocenters. The maximum Gasteiger partial charge on any atom is 0.251 e. The lowest BCUT2D eigenvalue weighted by Gasteiger charge is -2.49. The number of halogens is 1. The summed E-state index contributed by atoms with van der Waals surface area (Å²) in [5.41, 5.74) is -0.450. The molecule has 1 fully saturated rings. The SMILES string of the molecule is CC(C)(C)CCN1CCC(C)(O)C(NC(=O)c2ccc(F)cc2)C1c1cccs1. The molecule has 0 aliphatic carbocycles. The number of amides is 1. The Morgan fingerprint density at radius 3 is 2.59 bits per heavy atom. The Bertz CT molecular complexity index is 812. The average molecular weight is 419 g/mol. The molecule has 0 bridgehead atoms. The number of thiophene rings is 1. The van der Waals surface area contributed by atoms with Gasteiger partial charge in [0, 0.05) is 17.0 Å². The van der Waals surface area contributed by atoms with Gasteiger partial charge in [0.25, 0.3) is 5.91 Å². The first-order valence-corrected chi connectivity index (χ1v) is 11.0. The van der Waals surface area contributed by atoms with E-state index in [9.17, 15) is 14.3 Å². The fourth-order valence-electron chi connectivity index (χ4n) is 3.81. The predicted octanol–water partition coefficient (Wildman–Crippen LogP) is 4.62. The van der Waals surface area contributed by atoms with Crippen LogP contribution >= 0.6 is 11.3 Å². The van der Waals surface area contributed by atoms with E-state index in [0.29, 0.717) is 12.0 Å². The van der Waals surface area contributed by atoms with Gasteiger partial charge in [0.2, 0.25) is 0 Å². The van der Waals surface area contributed by atoms with Crippen molar-refractivity contribution in [1.82, 2.24) is 10.2 Å². The van der Waals surface area contributed by atoms with Crippen LogP contribution in [0.1, 0.15) is 61.8 Å². The van der Waals surface area contributed by atoms with E-state index in [1.54, 1.807) is 18.3 Å². The molecule has 3 rings (SSSR count). The van der Waals surface area contributed by atoms with Crippen LogP contribution in [0.2, 0.25) is 0 Å². The predicted molar refractivity (Wildman–Crippen MR) is 116 cm³/mol. The topological polar surface area (TPSA) is 52.6 Å². The molecule has 158 valence electrons. The molecule has 1 saturated heterocycles. The lowest BCUT2D eigenvalue weighted by Crippen LogP contribution is -2.62. The van der Waals surface area contributed by atoms with Crippen molar-refractivity contribution in [1.29, 1.82) is 0 Å². The first-order valence-electron chi connectivity index (χ1n) is 10.1. The van der Waals surface area contributed by atoms with Crippen molar-refractivity contribution in [2.24, 2.45) is 5.41 Å². The third kappa shape index (κ3) is 5.44. The van der Waals surface area contributed by atoms with Crippen molar-refractivity contribution < 1.29 is 14.3 Å². The zero-order valence-electron chi connectivity index (χ0n) is 17.6. The van der Waals surface area contributed by atoms with Gasteiger partial charge in [-0.3, -0.25) is 9.69 Å². The van der Waals surface area contributed by atoms with Crippen LogP contribution in [0.25, 0.3) is 0 Å². The van der Waals surface area contributed by atoms with Gasteiger partial charge in [-0.2, -0.15) is 0 Å². The second kappa shape index (κ2) is 8.54. The number of rotatable bonds is 5. The number of carbonyl (C=O) groups is 1. The van der Waals surface area contributed by atoms with Crippen molar-refractivity contribution in [2.75, 3.05) is 13.1 Å². The molecule has 2 heterocycles. The average Bonchev–Trinajstić information content (AvgIpc) is 3.16. The lowest BCUT2D eigenvalue weighted by atomic mass is 9.81. The monoisotopic (exact) mass is 418 g/mol. The minimum atomic E-state index is -1.04. The number of hydrogen-bond acceptors (Lipinski definition) is 4. The van der Waals surface area contributed by atoms with E-state index in [-0.39, 0.29) is 23.2 Å². The Morgan fingerprint density at radius 1 is 1.31 bits per heavy atom. The van der Waals surface area contributed by atoms with E-state index in [4.69, 9.17) is 0 Å². The third-order valence-electron chi connectivity index (χ3n) is 5.66. The fraction of sp³-hybridized carbons (Fsp3) is 0.522. The Balaban J connectivity index is 1.89. The number of nitrogens with zero attached hydrogens (tertiary/aromatic N) is 1. The van der Waals surface area contributed by atoms with Gasteiger partial charge in [-0.25, -0.2) is 4.39 Å². The molecule has 3 atom stereocenters. The van der Waals surface area contributed by atoms with E-state index in [2.05, 4.69) is 37.1 Å². The normalized spacial score (nSPS) is 25.7. The number of carbonyl (C=O) groups excluding carboxylic acids is 1. The van der Waals surface area contributed by atoms with Gasteiger partial charge >= 0.3 is 0 Å². The van der Waals surface area contributed by atoms with Crippen molar-refractivity contribution in [3.8, 4) is 0 Å². The summed E-state index contributed by atoms with van der Waals surface area (Å²) in [6.45, 7) is 10.1. The molecule has 1 amide bonds. The molecule has 0 spiro atoms. The molecule has 2 aromatic rings. The Hall–Kier alpha value is -1.76. The summed E-state index contributed by atoms with van der Waals surface area (Å²) in [5.74, 6) is -0.675. The molecule has 2 N–H and O–H groups in total. The first kappa shape index (κ1) is 21.9. The molecular weight excluding hydrogens is 387 g/mol. The van der Waals surface area contributed by atoms with Crippen LogP contribution in [0.15, 0.2) is 41.8 Å². The molecule has 29 heavy (non-hydrogen) atoms. The van der Waals surface area contributed by atoms with Gasteiger partial charge in [0.1, 0.15) is 5.82 Å². The smallest absolute Gasteiger partial charge is 0.251 e. The van der Waals surface area contributed by atoms with Crippen LogP contribution in [-0.2, 0) is 0 Å². The minimum absolute atomic E-state index is 0.106. The van der Waals surface area contributed by atoms with E-state index in [1.807, 2.05) is 11.4 Å². The van der Waals surface area contributed by atoms with E-state index in [0.717, 1.165) is 24.4 Å². The van der Waals surface area contributed by atoms with Crippen molar-refractivity contribution in [2.45, 2.75) is 58.2 Å². The van der Waals surface area contributed by atoms with E-state index in [1.165, 1.54) is 24.3 Å². The lowest BCUT2D eigenvalue weighted by molar-refractivity contribution is -0.0648. The second-order valence-electron chi connectivity index (χ2n) is 9.37. The standard InChI is InChI=1S/C23H31FN2O2S/c1-22(2,3)11-13-26-14-12-23(4,28)20(19(26)18-6-5-15-29-18)25-21(27)16-7-9-17(24)10-8-16/h5-10,15,19-20,28H,11-14H2,1-4H3,(H,25,27). The van der Waals surface area contributed by atoms with Crippen LogP contribution in [0.5, 0.6) is 0 Å². The molecule has 0 saturated carbocycles. The van der Waals surface area contributed by atoms with E-state index < -0.39 is 11.6 Å². The zero-order valence-corrected chi connectivity index (χ0v) is 18.4. The summed E-state index contributed by atoms with van der Waals surface area (Å²) in [6, 6.07) is 9.00. The van der Waals surface area contributed by atoms with Gasteiger partial charge in [0.05, 0.1) is 17.7 Å². The third-order valence-corrected chi connectivity index (χ3v) is 6.60. The first-order chi connectivity index (χ1) is 13.6. The molecule has 1 aromatic carbocycles. The number of aliphatic hydroxyl groups is 1. The van der Waals surface area contributed by atoms with Crippen molar-refractivity contribution >= 4 is 17.2 Å². The van der Waals surface area contributed by atoms with Crippen LogP contribution in [-0.4, -0.2) is 40.6 Å². The Kier molecular flexibility index (Phi) is 6.46. The van der Waals surface area contributed by atoms with Gasteiger partial charge in [-0.1, -0.05) is 26.8 Å². The largest absolute Gasteiger partial charge is 0.388 e. The fourth-order valence-corrected chi connectivity index (χ4v) is 4.71. The highest BCUT2D eigenvalue weighted by Crippen LogP contribution is 2.39. The van der Waals surface area contributed by atoms with Crippen molar-refractivity contribution in [3.63, 3.8) is 0 Å². The highest BCUT2D eigenvalue weighted by Gasteiger charge is 2.46. The van der Waals surface area contributed by atoms with Crippen LogP contribution in [0, 0.1) is 11.2 Å². The molecule has 0 radical (unpaired) electrons.